The van der Waals surface area contributed by atoms with Crippen LogP contribution < -0.4 is 0 Å². The van der Waals surface area contributed by atoms with E-state index >= 15 is 0 Å². The molecular formula is C19H20O6. The second kappa shape index (κ2) is 3.95. The highest BCUT2D eigenvalue weighted by Crippen LogP contribution is 2.76. The minimum Gasteiger partial charge on any atom is -0.435 e. The second-order valence-corrected chi connectivity index (χ2v) is 9.57. The van der Waals surface area contributed by atoms with E-state index in [1.54, 1.807) is 0 Å². The fourth-order valence-corrected chi connectivity index (χ4v) is 9.20. The average molecular weight is 344 g/mol. The molecule has 7 rings (SSSR count). The smallest absolute Gasteiger partial charge is 0.317 e. The van der Waals surface area contributed by atoms with E-state index in [0.717, 1.165) is 19.3 Å². The van der Waals surface area contributed by atoms with E-state index in [1.165, 1.54) is 0 Å². The number of carbonyl (C=O) groups is 3. The lowest BCUT2D eigenvalue weighted by Crippen LogP contribution is -2.41. The predicted octanol–water partition coefficient (Wildman–Crippen LogP) is 0.578. The van der Waals surface area contributed by atoms with Gasteiger partial charge >= 0.3 is 17.9 Å². The number of cyclic esters (lactones) is 3. The molecule has 0 aromatic carbocycles. The van der Waals surface area contributed by atoms with Crippen LogP contribution in [0.15, 0.2) is 0 Å². The Labute approximate surface area is 144 Å². The van der Waals surface area contributed by atoms with E-state index < -0.39 is 6.29 Å². The molecule has 5 saturated carbocycles. The molecule has 1 N–H and O–H groups in total. The van der Waals surface area contributed by atoms with Crippen LogP contribution >= 0.6 is 0 Å². The van der Waals surface area contributed by atoms with Gasteiger partial charge in [-0.1, -0.05) is 0 Å². The molecule has 5 aliphatic carbocycles. The Morgan fingerprint density at radius 3 is 1.92 bits per heavy atom. The van der Waals surface area contributed by atoms with Crippen molar-refractivity contribution in [3.05, 3.63) is 0 Å². The van der Waals surface area contributed by atoms with Gasteiger partial charge in [-0.15, -0.1) is 0 Å². The number of fused-ring (bicyclic) bond motifs is 17. The Morgan fingerprint density at radius 1 is 0.640 bits per heavy atom. The van der Waals surface area contributed by atoms with Gasteiger partial charge in [0.05, 0.1) is 17.8 Å². The molecule has 2 aliphatic heterocycles. The van der Waals surface area contributed by atoms with Gasteiger partial charge in [-0.3, -0.25) is 14.4 Å². The van der Waals surface area contributed by atoms with Crippen LogP contribution in [0.25, 0.3) is 0 Å². The summed E-state index contributed by atoms with van der Waals surface area (Å²) in [6.07, 6.45) is 2.16. The van der Waals surface area contributed by atoms with Gasteiger partial charge in [0.1, 0.15) is 0 Å². The molecule has 13 unspecified atom stereocenters. The minimum atomic E-state index is -0.929. The van der Waals surface area contributed by atoms with Crippen LogP contribution in [0, 0.1) is 71.0 Å². The molecule has 13 atom stereocenters. The third kappa shape index (κ3) is 1.27. The van der Waals surface area contributed by atoms with Gasteiger partial charge in [-0.05, 0) is 66.6 Å². The van der Waals surface area contributed by atoms with Crippen molar-refractivity contribution in [1.82, 2.24) is 0 Å². The molecule has 0 aromatic heterocycles. The van der Waals surface area contributed by atoms with E-state index in [4.69, 9.17) is 9.47 Å². The summed E-state index contributed by atoms with van der Waals surface area (Å²) >= 11 is 0. The molecular weight excluding hydrogens is 324 g/mol. The number of ether oxygens (including phenoxy) is 2. The number of carbonyl (C=O) groups excluding carboxylic acids is 3. The molecule has 7 aliphatic rings. The van der Waals surface area contributed by atoms with Crippen molar-refractivity contribution in [2.75, 3.05) is 0 Å². The first-order valence-corrected chi connectivity index (χ1v) is 9.70. The van der Waals surface area contributed by atoms with Gasteiger partial charge in [-0.25, -0.2) is 0 Å². The first-order chi connectivity index (χ1) is 12.1. The van der Waals surface area contributed by atoms with Gasteiger partial charge in [0, 0.05) is 5.92 Å². The van der Waals surface area contributed by atoms with Crippen molar-refractivity contribution in [2.24, 2.45) is 71.0 Å². The zero-order chi connectivity index (χ0) is 16.8. The molecule has 25 heavy (non-hydrogen) atoms. The Bertz CT molecular complexity index is 746. The molecule has 0 amide bonds. The molecule has 132 valence electrons. The molecule has 6 nitrogen and oxygen atoms in total. The van der Waals surface area contributed by atoms with Crippen molar-refractivity contribution in [3.8, 4) is 0 Å². The highest BCUT2D eigenvalue weighted by atomic mass is 16.6. The number of hydrogen-bond acceptors (Lipinski definition) is 6. The molecule has 2 heterocycles. The third-order valence-corrected chi connectivity index (χ3v) is 9.42. The zero-order valence-electron chi connectivity index (χ0n) is 13.6. The van der Waals surface area contributed by atoms with E-state index in [0.29, 0.717) is 41.4 Å². The van der Waals surface area contributed by atoms with Gasteiger partial charge in [0.2, 0.25) is 6.29 Å². The first-order valence-electron chi connectivity index (χ1n) is 9.70. The van der Waals surface area contributed by atoms with Crippen molar-refractivity contribution >= 4 is 17.9 Å². The fraction of sp³-hybridized carbons (Fsp3) is 0.842. The minimum absolute atomic E-state index is 0.0265. The predicted molar refractivity (Wildman–Crippen MR) is 78.9 cm³/mol. The normalized spacial score (nSPS) is 65.0. The van der Waals surface area contributed by atoms with Gasteiger partial charge < -0.3 is 14.6 Å². The third-order valence-electron chi connectivity index (χ3n) is 9.42. The molecule has 7 fully saturated rings. The fourth-order valence-electron chi connectivity index (χ4n) is 9.20. The first kappa shape index (κ1) is 13.7. The van der Waals surface area contributed by atoms with Crippen LogP contribution in [0.2, 0.25) is 0 Å². The second-order valence-electron chi connectivity index (χ2n) is 9.57. The monoisotopic (exact) mass is 344 g/mol. The maximum absolute atomic E-state index is 12.3. The Morgan fingerprint density at radius 2 is 1.16 bits per heavy atom. The van der Waals surface area contributed by atoms with Crippen LogP contribution in [0.3, 0.4) is 0 Å². The van der Waals surface area contributed by atoms with Crippen LogP contribution in [-0.4, -0.2) is 29.3 Å². The van der Waals surface area contributed by atoms with Crippen molar-refractivity contribution < 1.29 is 29.0 Å². The van der Waals surface area contributed by atoms with Crippen molar-refractivity contribution in [3.63, 3.8) is 0 Å². The van der Waals surface area contributed by atoms with Crippen LogP contribution in [0.1, 0.15) is 19.3 Å². The number of hydrogen-bond donors (Lipinski definition) is 1. The summed E-state index contributed by atoms with van der Waals surface area (Å²) in [4.78, 5) is 36.6. The highest BCUT2D eigenvalue weighted by Gasteiger charge is 2.76. The molecule has 6 heteroatoms. The standard InChI is InChI=1S/C19H20O6/c20-16-12-6-2-8(14(12)18(22)24-16)10-4(6)1-5-7-3-9(11(5)10)15-13(7)17(21)25-19(15)23/h4-16,20H,1-3H2. The van der Waals surface area contributed by atoms with Gasteiger partial charge in [0.15, 0.2) is 0 Å². The Hall–Kier alpha value is -1.43. The van der Waals surface area contributed by atoms with Crippen molar-refractivity contribution in [1.29, 1.82) is 0 Å². The van der Waals surface area contributed by atoms with Crippen molar-refractivity contribution in [2.45, 2.75) is 25.6 Å². The molecule has 4 bridgehead atoms. The van der Waals surface area contributed by atoms with Gasteiger partial charge in [-0.2, -0.15) is 0 Å². The molecule has 0 aromatic rings. The van der Waals surface area contributed by atoms with E-state index in [2.05, 4.69) is 0 Å². The van der Waals surface area contributed by atoms with Crippen LogP contribution in [-0.2, 0) is 23.9 Å². The Balaban J connectivity index is 1.29. The lowest BCUT2D eigenvalue weighted by molar-refractivity contribution is -0.159. The maximum Gasteiger partial charge on any atom is 0.317 e. The summed E-state index contributed by atoms with van der Waals surface area (Å²) in [6.45, 7) is 0. The quantitative estimate of drug-likeness (QED) is 0.511. The summed E-state index contributed by atoms with van der Waals surface area (Å²) in [5, 5.41) is 10.2. The number of aliphatic hydroxyl groups excluding tert-OH is 1. The highest BCUT2D eigenvalue weighted by molar-refractivity contribution is 5.97. The summed E-state index contributed by atoms with van der Waals surface area (Å²) in [7, 11) is 0. The largest absolute Gasteiger partial charge is 0.435 e. The molecule has 0 radical (unpaired) electrons. The topological polar surface area (TPSA) is 89.9 Å². The van der Waals surface area contributed by atoms with Crippen LogP contribution in [0.4, 0.5) is 0 Å². The molecule has 0 spiro atoms. The lowest BCUT2D eigenvalue weighted by atomic mass is 9.63. The van der Waals surface area contributed by atoms with E-state index in [-0.39, 0.29) is 47.5 Å². The maximum atomic E-state index is 12.3. The summed E-state index contributed by atoms with van der Waals surface area (Å²) < 4.78 is 10.1. The number of rotatable bonds is 0. The lowest BCUT2D eigenvalue weighted by Gasteiger charge is -2.38. The SMILES string of the molecule is O=C1OC(=O)C2C3CC(C4CC5C6CC(C7C(=O)OC(O)C67)C5C43)C12. The zero-order valence-corrected chi connectivity index (χ0v) is 13.6. The Kier molecular flexibility index (Phi) is 2.17. The van der Waals surface area contributed by atoms with Gasteiger partial charge in [0.25, 0.3) is 0 Å². The number of aliphatic hydroxyl groups is 1. The number of esters is 3. The summed E-state index contributed by atoms with van der Waals surface area (Å²) in [5.41, 5.74) is 0. The van der Waals surface area contributed by atoms with Crippen LogP contribution in [0.5, 0.6) is 0 Å². The molecule has 2 saturated heterocycles. The summed E-state index contributed by atoms with van der Waals surface area (Å²) in [5.74, 6) is 1.74. The van der Waals surface area contributed by atoms with E-state index in [1.807, 2.05) is 0 Å². The average Bonchev–Trinajstić information content (AvgIpc) is 3.33. The summed E-state index contributed by atoms with van der Waals surface area (Å²) in [6, 6.07) is 0. The van der Waals surface area contributed by atoms with E-state index in [9.17, 15) is 19.5 Å².